The minimum atomic E-state index is -0.993. The fourth-order valence-electron chi connectivity index (χ4n) is 6.18. The van der Waals surface area contributed by atoms with Gasteiger partial charge in [-0.2, -0.15) is 0 Å². The number of nitrogens with one attached hydrogen (secondary N) is 1. The Morgan fingerprint density at radius 1 is 0.950 bits per heavy atom. The lowest BCUT2D eigenvalue weighted by Crippen LogP contribution is -2.49. The molecule has 2 aliphatic heterocycles. The summed E-state index contributed by atoms with van der Waals surface area (Å²) in [4.78, 5) is 47.7. The van der Waals surface area contributed by atoms with E-state index in [2.05, 4.69) is 5.32 Å². The number of aliphatic imine (C=N–C) groups is 1. The van der Waals surface area contributed by atoms with Gasteiger partial charge in [-0.3, -0.25) is 9.59 Å². The third-order valence-corrected chi connectivity index (χ3v) is 8.56. The number of benzodiazepines with no additional fused rings is 1. The van der Waals surface area contributed by atoms with Crippen molar-refractivity contribution in [2.75, 3.05) is 25.0 Å². The molecular weight excluding hydrogens is 504 g/mol. The summed E-state index contributed by atoms with van der Waals surface area (Å²) in [6.07, 6.45) is 4.03. The molecule has 1 saturated carbocycles. The maximum atomic E-state index is 13.5. The lowest BCUT2D eigenvalue weighted by molar-refractivity contribution is -0.131. The number of para-hydroxylation sites is 1. The highest BCUT2D eigenvalue weighted by atomic mass is 16.6. The van der Waals surface area contributed by atoms with Crippen molar-refractivity contribution in [2.24, 2.45) is 16.3 Å². The van der Waals surface area contributed by atoms with Crippen LogP contribution in [0.5, 0.6) is 0 Å². The highest BCUT2D eigenvalue weighted by Crippen LogP contribution is 2.46. The fraction of sp³-hybridized carbons (Fsp3) is 0.500. The van der Waals surface area contributed by atoms with E-state index in [0.717, 1.165) is 55.3 Å². The van der Waals surface area contributed by atoms with Crippen LogP contribution in [0.1, 0.15) is 70.4 Å². The van der Waals surface area contributed by atoms with Crippen LogP contribution >= 0.6 is 0 Å². The van der Waals surface area contributed by atoms with Gasteiger partial charge >= 0.3 is 6.09 Å². The van der Waals surface area contributed by atoms with Gasteiger partial charge in [0.2, 0.25) is 12.1 Å². The maximum absolute atomic E-state index is 13.5. The van der Waals surface area contributed by atoms with Crippen LogP contribution in [0.4, 0.5) is 10.5 Å². The first kappa shape index (κ1) is 27.9. The van der Waals surface area contributed by atoms with Crippen LogP contribution in [0.2, 0.25) is 0 Å². The van der Waals surface area contributed by atoms with Crippen LogP contribution in [0.25, 0.3) is 0 Å². The van der Waals surface area contributed by atoms with E-state index in [1.165, 1.54) is 0 Å². The number of nitrogens with zero attached hydrogens (tertiary/aromatic N) is 3. The average Bonchev–Trinajstić information content (AvgIpc) is 3.04. The quantitative estimate of drug-likeness (QED) is 0.579. The van der Waals surface area contributed by atoms with E-state index in [-0.39, 0.29) is 29.2 Å². The van der Waals surface area contributed by atoms with Crippen molar-refractivity contribution in [3.8, 4) is 0 Å². The lowest BCUT2D eigenvalue weighted by atomic mass is 9.65. The van der Waals surface area contributed by atoms with E-state index in [1.54, 1.807) is 11.9 Å². The Kier molecular flexibility index (Phi) is 7.71. The summed E-state index contributed by atoms with van der Waals surface area (Å²) in [5.74, 6) is -0.531. The standard InChI is InChI=1S/C32H40N4O4/c1-31(2,3)40-30(39)36-20-18-32(19-21-36)16-14-23(15-17-32)28(37)34-27-29(38)35(4)25-13-9-8-12-24(25)26(33-27)22-10-6-5-7-11-22/h5-13,23,27H,14-21H2,1-4H3,(H,34,37)/t27-/m0/s1. The summed E-state index contributed by atoms with van der Waals surface area (Å²) < 4.78 is 5.55. The predicted octanol–water partition coefficient (Wildman–Crippen LogP) is 5.15. The van der Waals surface area contributed by atoms with Crippen molar-refractivity contribution in [1.29, 1.82) is 0 Å². The minimum Gasteiger partial charge on any atom is -0.444 e. The number of piperidine rings is 1. The number of carbonyl (C=O) groups excluding carboxylic acids is 3. The van der Waals surface area contributed by atoms with Crippen LogP contribution < -0.4 is 10.2 Å². The number of anilines is 1. The number of rotatable bonds is 3. The Balaban J connectivity index is 1.24. The van der Waals surface area contributed by atoms with E-state index in [4.69, 9.17) is 9.73 Å². The molecule has 1 aliphatic carbocycles. The molecule has 3 amide bonds. The molecule has 1 N–H and O–H groups in total. The number of benzene rings is 2. The molecule has 0 aromatic heterocycles. The van der Waals surface area contributed by atoms with Crippen molar-refractivity contribution < 1.29 is 19.1 Å². The molecule has 2 heterocycles. The first-order valence-electron chi connectivity index (χ1n) is 14.3. The molecule has 0 unspecified atom stereocenters. The first-order chi connectivity index (χ1) is 19.1. The second-order valence-electron chi connectivity index (χ2n) is 12.4. The summed E-state index contributed by atoms with van der Waals surface area (Å²) in [5, 5.41) is 2.99. The Hall–Kier alpha value is -3.68. The molecule has 2 fully saturated rings. The summed E-state index contributed by atoms with van der Waals surface area (Å²) in [5.41, 5.74) is 2.88. The van der Waals surface area contributed by atoms with Gasteiger partial charge in [-0.05, 0) is 70.8 Å². The van der Waals surface area contributed by atoms with Crippen molar-refractivity contribution in [3.05, 3.63) is 65.7 Å². The molecule has 3 aliphatic rings. The zero-order valence-corrected chi connectivity index (χ0v) is 24.0. The lowest BCUT2D eigenvalue weighted by Gasteiger charge is -2.45. The number of likely N-dealkylation sites (tertiary alicyclic amines) is 1. The smallest absolute Gasteiger partial charge is 0.410 e. The second-order valence-corrected chi connectivity index (χ2v) is 12.4. The van der Waals surface area contributed by atoms with Gasteiger partial charge in [0.05, 0.1) is 11.4 Å². The summed E-state index contributed by atoms with van der Waals surface area (Å²) in [7, 11) is 1.73. The molecule has 212 valence electrons. The SMILES string of the molecule is CN1C(=O)[C@H](NC(=O)C2CCC3(CC2)CCN(C(=O)OC(C)(C)C)CC3)N=C(c2ccccc2)c2ccccc21. The minimum absolute atomic E-state index is 0.116. The van der Waals surface area contributed by atoms with Gasteiger partial charge < -0.3 is 19.9 Å². The number of fused-ring (bicyclic) bond motifs is 1. The van der Waals surface area contributed by atoms with Gasteiger partial charge in [-0.15, -0.1) is 0 Å². The molecule has 5 rings (SSSR count). The zero-order valence-electron chi connectivity index (χ0n) is 24.0. The molecule has 2 aromatic carbocycles. The van der Waals surface area contributed by atoms with Crippen molar-refractivity contribution in [3.63, 3.8) is 0 Å². The van der Waals surface area contributed by atoms with Crippen molar-refractivity contribution in [2.45, 2.75) is 71.1 Å². The summed E-state index contributed by atoms with van der Waals surface area (Å²) >= 11 is 0. The number of ether oxygens (including phenoxy) is 1. The van der Waals surface area contributed by atoms with E-state index in [0.29, 0.717) is 18.8 Å². The van der Waals surface area contributed by atoms with Gasteiger partial charge in [-0.1, -0.05) is 48.5 Å². The molecule has 40 heavy (non-hydrogen) atoms. The Labute approximate surface area is 236 Å². The molecule has 0 radical (unpaired) electrons. The predicted molar refractivity (Wildman–Crippen MR) is 155 cm³/mol. The third kappa shape index (κ3) is 5.91. The Morgan fingerprint density at radius 3 is 2.23 bits per heavy atom. The molecule has 2 aromatic rings. The van der Waals surface area contributed by atoms with Crippen molar-refractivity contribution >= 4 is 29.3 Å². The van der Waals surface area contributed by atoms with Crippen LogP contribution in [0, 0.1) is 11.3 Å². The summed E-state index contributed by atoms with van der Waals surface area (Å²) in [6, 6.07) is 17.5. The average molecular weight is 545 g/mol. The molecule has 1 spiro atoms. The number of amides is 3. The van der Waals surface area contributed by atoms with E-state index in [1.807, 2.05) is 80.3 Å². The highest BCUT2D eigenvalue weighted by molar-refractivity contribution is 6.20. The number of carbonyl (C=O) groups is 3. The van der Waals surface area contributed by atoms with Crippen LogP contribution in [0.3, 0.4) is 0 Å². The molecule has 1 atom stereocenters. The number of hydrogen-bond donors (Lipinski definition) is 1. The molecule has 8 heteroatoms. The fourth-order valence-corrected chi connectivity index (χ4v) is 6.18. The van der Waals surface area contributed by atoms with Crippen LogP contribution in [-0.4, -0.2) is 60.4 Å². The number of likely N-dealkylation sites (N-methyl/N-ethyl adjacent to an activating group) is 1. The Bertz CT molecular complexity index is 1280. The largest absolute Gasteiger partial charge is 0.444 e. The van der Waals surface area contributed by atoms with Gasteiger partial charge in [0, 0.05) is 37.2 Å². The van der Waals surface area contributed by atoms with E-state index in [9.17, 15) is 14.4 Å². The number of hydrogen-bond acceptors (Lipinski definition) is 5. The van der Waals surface area contributed by atoms with Crippen molar-refractivity contribution in [1.82, 2.24) is 10.2 Å². The first-order valence-corrected chi connectivity index (χ1v) is 14.3. The molecule has 1 saturated heterocycles. The zero-order chi connectivity index (χ0) is 28.5. The van der Waals surface area contributed by atoms with Gasteiger partial charge in [0.25, 0.3) is 5.91 Å². The monoisotopic (exact) mass is 544 g/mol. The second kappa shape index (κ2) is 11.1. The topological polar surface area (TPSA) is 91.3 Å². The van der Waals surface area contributed by atoms with Crippen LogP contribution in [-0.2, 0) is 14.3 Å². The van der Waals surface area contributed by atoms with E-state index >= 15 is 0 Å². The molecule has 8 nitrogen and oxygen atoms in total. The molecular formula is C32H40N4O4. The molecule has 0 bridgehead atoms. The highest BCUT2D eigenvalue weighted by Gasteiger charge is 2.42. The normalized spacial score (nSPS) is 21.4. The maximum Gasteiger partial charge on any atom is 0.410 e. The van der Waals surface area contributed by atoms with Gasteiger partial charge in [0.1, 0.15) is 5.60 Å². The van der Waals surface area contributed by atoms with Crippen LogP contribution in [0.15, 0.2) is 59.6 Å². The Morgan fingerprint density at radius 2 is 1.57 bits per heavy atom. The summed E-state index contributed by atoms with van der Waals surface area (Å²) in [6.45, 7) is 7.03. The van der Waals surface area contributed by atoms with Gasteiger partial charge in [-0.25, -0.2) is 9.79 Å². The third-order valence-electron chi connectivity index (χ3n) is 8.56. The van der Waals surface area contributed by atoms with E-state index < -0.39 is 11.8 Å². The van der Waals surface area contributed by atoms with Gasteiger partial charge in [0.15, 0.2) is 0 Å².